The lowest BCUT2D eigenvalue weighted by Gasteiger charge is -2.25. The third-order valence-corrected chi connectivity index (χ3v) is 3.54. The number of aliphatic hydroxyl groups is 1. The highest BCUT2D eigenvalue weighted by molar-refractivity contribution is 9.10. The number of fused-ring (bicyclic) bond motifs is 1. The van der Waals surface area contributed by atoms with Crippen LogP contribution in [0.1, 0.15) is 18.1 Å². The molecule has 0 amide bonds. The Morgan fingerprint density at radius 3 is 2.89 bits per heavy atom. The third-order valence-electron chi connectivity index (χ3n) is 3.04. The molecule has 1 aliphatic rings. The molecule has 0 aliphatic carbocycles. The molecule has 2 rings (SSSR count). The molecule has 98 valence electrons. The fourth-order valence-corrected chi connectivity index (χ4v) is 2.44. The molecular weight excluding hydrogens is 302 g/mol. The monoisotopic (exact) mass is 317 g/mol. The van der Waals surface area contributed by atoms with Crippen LogP contribution >= 0.6 is 15.9 Å². The first-order valence-electron chi connectivity index (χ1n) is 6.05. The Labute approximate surface area is 122 Å². The van der Waals surface area contributed by atoms with Crippen molar-refractivity contribution in [2.24, 2.45) is 0 Å². The van der Waals surface area contributed by atoms with Crippen LogP contribution in [0.5, 0.6) is 0 Å². The highest BCUT2D eigenvalue weighted by Gasteiger charge is 2.22. The van der Waals surface area contributed by atoms with E-state index in [1.165, 1.54) is 0 Å². The van der Waals surface area contributed by atoms with E-state index < -0.39 is 6.10 Å². The van der Waals surface area contributed by atoms with Gasteiger partial charge in [0, 0.05) is 27.5 Å². The largest absolute Gasteiger partial charge is 0.383 e. The van der Waals surface area contributed by atoms with Crippen molar-refractivity contribution in [2.45, 2.75) is 12.5 Å². The number of allylic oxidation sites excluding steroid dienone is 3. The topological polar surface area (TPSA) is 32.3 Å². The fraction of sp³-hybridized carbons (Fsp3) is 0.125. The summed E-state index contributed by atoms with van der Waals surface area (Å²) in [5.74, 6) is 0. The number of rotatable bonds is 4. The van der Waals surface area contributed by atoms with Crippen LogP contribution in [0.2, 0.25) is 0 Å². The number of hydrogen-bond acceptors (Lipinski definition) is 2. The SMILES string of the molecule is C=CC/C=C(\C=C)C1=CNc2ccc(Br)cc2C1O. The molecule has 0 radical (unpaired) electrons. The highest BCUT2D eigenvalue weighted by atomic mass is 79.9. The lowest BCUT2D eigenvalue weighted by molar-refractivity contribution is 0.217. The van der Waals surface area contributed by atoms with E-state index in [2.05, 4.69) is 34.4 Å². The van der Waals surface area contributed by atoms with Crippen LogP contribution in [0.4, 0.5) is 5.69 Å². The molecule has 2 nitrogen and oxygen atoms in total. The minimum Gasteiger partial charge on any atom is -0.383 e. The molecule has 0 bridgehead atoms. The van der Waals surface area contributed by atoms with Crippen LogP contribution < -0.4 is 5.32 Å². The van der Waals surface area contributed by atoms with E-state index in [0.29, 0.717) is 0 Å². The number of aliphatic hydroxyl groups excluding tert-OH is 1. The lowest BCUT2D eigenvalue weighted by atomic mass is 9.92. The van der Waals surface area contributed by atoms with Gasteiger partial charge < -0.3 is 10.4 Å². The Kier molecular flexibility index (Phi) is 4.40. The second kappa shape index (κ2) is 6.04. The highest BCUT2D eigenvalue weighted by Crippen LogP contribution is 2.37. The Morgan fingerprint density at radius 2 is 2.21 bits per heavy atom. The average Bonchev–Trinajstić information content (AvgIpc) is 2.42. The van der Waals surface area contributed by atoms with E-state index in [1.54, 1.807) is 6.08 Å². The minimum atomic E-state index is -0.650. The van der Waals surface area contributed by atoms with Crippen molar-refractivity contribution in [3.63, 3.8) is 0 Å². The van der Waals surface area contributed by atoms with Crippen molar-refractivity contribution in [1.82, 2.24) is 0 Å². The summed E-state index contributed by atoms with van der Waals surface area (Å²) in [5, 5.41) is 13.7. The molecule has 1 aromatic rings. The van der Waals surface area contributed by atoms with Crippen molar-refractivity contribution >= 4 is 21.6 Å². The molecule has 0 aromatic heterocycles. The van der Waals surface area contributed by atoms with Gasteiger partial charge in [-0.2, -0.15) is 0 Å². The molecule has 2 N–H and O–H groups in total. The summed E-state index contributed by atoms with van der Waals surface area (Å²) in [6.45, 7) is 7.50. The van der Waals surface area contributed by atoms with Crippen molar-refractivity contribution in [3.8, 4) is 0 Å². The first kappa shape index (κ1) is 13.8. The molecule has 1 heterocycles. The zero-order valence-electron chi connectivity index (χ0n) is 10.6. The molecule has 0 spiro atoms. The van der Waals surface area contributed by atoms with Gasteiger partial charge in [0.05, 0.1) is 0 Å². The molecule has 1 unspecified atom stereocenters. The van der Waals surface area contributed by atoms with Crippen LogP contribution in [0.15, 0.2) is 71.4 Å². The number of hydrogen-bond donors (Lipinski definition) is 2. The summed E-state index contributed by atoms with van der Waals surface area (Å²) in [6, 6.07) is 5.81. The predicted molar refractivity (Wildman–Crippen MR) is 83.9 cm³/mol. The minimum absolute atomic E-state index is 0.650. The van der Waals surface area contributed by atoms with Crippen molar-refractivity contribution < 1.29 is 5.11 Å². The number of benzene rings is 1. The molecular formula is C16H16BrNO. The molecule has 3 heteroatoms. The van der Waals surface area contributed by atoms with E-state index in [0.717, 1.165) is 33.3 Å². The maximum absolute atomic E-state index is 10.5. The normalized spacial score (nSPS) is 18.1. The first-order chi connectivity index (χ1) is 9.17. The molecule has 1 aromatic carbocycles. The van der Waals surface area contributed by atoms with E-state index in [-0.39, 0.29) is 0 Å². The van der Waals surface area contributed by atoms with Crippen LogP contribution in [-0.2, 0) is 0 Å². The summed E-state index contributed by atoms with van der Waals surface area (Å²) >= 11 is 3.43. The summed E-state index contributed by atoms with van der Waals surface area (Å²) in [6.07, 6.45) is 7.50. The first-order valence-corrected chi connectivity index (χ1v) is 6.84. The van der Waals surface area contributed by atoms with E-state index in [4.69, 9.17) is 0 Å². The molecule has 0 fully saturated rings. The van der Waals surface area contributed by atoms with Gasteiger partial charge >= 0.3 is 0 Å². The van der Waals surface area contributed by atoms with Crippen LogP contribution in [0.3, 0.4) is 0 Å². The Hall–Kier alpha value is -1.58. The van der Waals surface area contributed by atoms with Gasteiger partial charge in [-0.3, -0.25) is 0 Å². The van der Waals surface area contributed by atoms with Gasteiger partial charge in [0.25, 0.3) is 0 Å². The number of halogens is 1. The average molecular weight is 318 g/mol. The quantitative estimate of drug-likeness (QED) is 0.634. The van der Waals surface area contributed by atoms with Crippen LogP contribution in [0, 0.1) is 0 Å². The van der Waals surface area contributed by atoms with Gasteiger partial charge in [-0.05, 0) is 30.2 Å². The molecule has 1 aliphatic heterocycles. The van der Waals surface area contributed by atoms with E-state index in [9.17, 15) is 5.11 Å². The van der Waals surface area contributed by atoms with Gasteiger partial charge in [-0.15, -0.1) is 6.58 Å². The summed E-state index contributed by atoms with van der Waals surface area (Å²) < 4.78 is 0.948. The van der Waals surface area contributed by atoms with Crippen molar-refractivity contribution in [1.29, 1.82) is 0 Å². The zero-order chi connectivity index (χ0) is 13.8. The zero-order valence-corrected chi connectivity index (χ0v) is 12.2. The Balaban J connectivity index is 2.38. The van der Waals surface area contributed by atoms with Gasteiger partial charge in [0.1, 0.15) is 6.10 Å². The lowest BCUT2D eigenvalue weighted by Crippen LogP contribution is -2.13. The molecule has 1 atom stereocenters. The van der Waals surface area contributed by atoms with Crippen molar-refractivity contribution in [3.05, 3.63) is 77.0 Å². The smallest absolute Gasteiger partial charge is 0.108 e. The molecule has 19 heavy (non-hydrogen) atoms. The maximum atomic E-state index is 10.5. The van der Waals surface area contributed by atoms with Gasteiger partial charge in [-0.1, -0.05) is 40.7 Å². The van der Waals surface area contributed by atoms with Gasteiger partial charge in [0.15, 0.2) is 0 Å². The maximum Gasteiger partial charge on any atom is 0.108 e. The Morgan fingerprint density at radius 1 is 1.42 bits per heavy atom. The second-order valence-corrected chi connectivity index (χ2v) is 5.18. The number of anilines is 1. The van der Waals surface area contributed by atoms with E-state index in [1.807, 2.05) is 36.6 Å². The third kappa shape index (κ3) is 2.88. The van der Waals surface area contributed by atoms with E-state index >= 15 is 0 Å². The van der Waals surface area contributed by atoms with Gasteiger partial charge in [-0.25, -0.2) is 0 Å². The second-order valence-electron chi connectivity index (χ2n) is 4.27. The van der Waals surface area contributed by atoms with Crippen molar-refractivity contribution in [2.75, 3.05) is 5.32 Å². The molecule has 0 saturated heterocycles. The standard InChI is InChI=1S/C16H16BrNO/c1-3-5-6-11(4-2)14-10-18-15-8-7-12(17)9-13(15)16(14)19/h3-4,6-10,16,18-19H,1-2,5H2/b11-6+. The Bertz CT molecular complexity index is 572. The van der Waals surface area contributed by atoms with Gasteiger partial charge in [0.2, 0.25) is 0 Å². The van der Waals surface area contributed by atoms with Crippen LogP contribution in [0.25, 0.3) is 0 Å². The molecule has 0 saturated carbocycles. The summed E-state index contributed by atoms with van der Waals surface area (Å²) in [5.41, 5.74) is 3.53. The summed E-state index contributed by atoms with van der Waals surface area (Å²) in [4.78, 5) is 0. The number of nitrogens with one attached hydrogen (secondary N) is 1. The fourth-order valence-electron chi connectivity index (χ4n) is 2.06. The van der Waals surface area contributed by atoms with Crippen LogP contribution in [-0.4, -0.2) is 5.11 Å². The summed E-state index contributed by atoms with van der Waals surface area (Å²) in [7, 11) is 0. The predicted octanol–water partition coefficient (Wildman–Crippen LogP) is 4.48.